The van der Waals surface area contributed by atoms with E-state index in [9.17, 15) is 18.0 Å². The highest BCUT2D eigenvalue weighted by molar-refractivity contribution is 5.88. The van der Waals surface area contributed by atoms with E-state index >= 15 is 0 Å². The minimum Gasteiger partial charge on any atom is -0.478 e. The Labute approximate surface area is 141 Å². The molecule has 0 spiro atoms. The molecule has 1 aliphatic rings. The smallest absolute Gasteiger partial charge is 0.433 e. The summed E-state index contributed by atoms with van der Waals surface area (Å²) in [6.07, 6.45) is -2.93. The van der Waals surface area contributed by atoms with Crippen LogP contribution in [0.2, 0.25) is 0 Å². The lowest BCUT2D eigenvalue weighted by Gasteiger charge is -2.28. The molecule has 140 valence electrons. The third-order valence-corrected chi connectivity index (χ3v) is 3.64. The fourth-order valence-corrected chi connectivity index (χ4v) is 2.28. The van der Waals surface area contributed by atoms with Crippen molar-refractivity contribution in [2.24, 2.45) is 11.3 Å². The number of aromatic nitrogens is 1. The minimum atomic E-state index is -4.71. The molecule has 0 unspecified atom stereocenters. The van der Waals surface area contributed by atoms with Crippen molar-refractivity contribution in [1.29, 1.82) is 0 Å². The second kappa shape index (κ2) is 9.16. The number of carbonyl (C=O) groups is 1. The monoisotopic (exact) mass is 365 g/mol. The van der Waals surface area contributed by atoms with Gasteiger partial charge in [0.25, 0.3) is 0 Å². The molecule has 2 rings (SSSR count). The van der Waals surface area contributed by atoms with Crippen LogP contribution in [0.25, 0.3) is 0 Å². The lowest BCUT2D eigenvalue weighted by atomic mass is 9.98. The second-order valence-corrected chi connectivity index (χ2v) is 5.52. The Bertz CT molecular complexity index is 590. The molecule has 0 saturated carbocycles. The maximum absolute atomic E-state index is 12.7. The number of alkyl halides is 3. The maximum Gasteiger partial charge on any atom is 0.433 e. The molecule has 0 atom stereocenters. The quantitative estimate of drug-likeness (QED) is 0.623. The normalized spacial score (nSPS) is 15.8. The van der Waals surface area contributed by atoms with Gasteiger partial charge in [-0.1, -0.05) is 0 Å². The van der Waals surface area contributed by atoms with E-state index in [-0.39, 0.29) is 18.4 Å². The van der Waals surface area contributed by atoms with E-state index in [1.807, 2.05) is 7.05 Å². The fraction of sp³-hybridized carbons (Fsp3) is 0.571. The molecule has 0 aliphatic carbocycles. The van der Waals surface area contributed by atoms with Crippen LogP contribution in [-0.2, 0) is 6.18 Å². The molecule has 0 aromatic carbocycles. The molecule has 2 heterocycles. The van der Waals surface area contributed by atoms with Crippen LogP contribution in [0.5, 0.6) is 5.88 Å². The van der Waals surface area contributed by atoms with Gasteiger partial charge in [-0.3, -0.25) is 0 Å². The SMILES string of the molecule is CN1CCC(COc2cc(C(=O)O)cc(C(F)(F)F)n2)CC1.O=NO. The molecule has 1 fully saturated rings. The first kappa shape index (κ1) is 20.6. The number of rotatable bonds is 4. The average molecular weight is 365 g/mol. The molecule has 0 bridgehead atoms. The predicted molar refractivity (Wildman–Crippen MR) is 79.5 cm³/mol. The molecule has 1 aromatic heterocycles. The number of nitrogens with zero attached hydrogens (tertiary/aromatic N) is 3. The summed E-state index contributed by atoms with van der Waals surface area (Å²) in [6, 6.07) is 1.53. The van der Waals surface area contributed by atoms with Gasteiger partial charge in [-0.15, -0.1) is 4.91 Å². The molecular weight excluding hydrogens is 347 g/mol. The highest BCUT2D eigenvalue weighted by Gasteiger charge is 2.34. The molecule has 8 nitrogen and oxygen atoms in total. The van der Waals surface area contributed by atoms with E-state index in [1.54, 1.807) is 0 Å². The van der Waals surface area contributed by atoms with Gasteiger partial charge in [-0.05, 0) is 45.0 Å². The number of halogens is 3. The van der Waals surface area contributed by atoms with Crippen molar-refractivity contribution >= 4 is 5.97 Å². The summed E-state index contributed by atoms with van der Waals surface area (Å²) in [6.45, 7) is 2.05. The van der Waals surface area contributed by atoms with E-state index in [4.69, 9.17) is 20.0 Å². The molecule has 1 saturated heterocycles. The van der Waals surface area contributed by atoms with Gasteiger partial charge in [0, 0.05) is 6.07 Å². The highest BCUT2D eigenvalue weighted by atomic mass is 19.4. The van der Waals surface area contributed by atoms with Crippen molar-refractivity contribution in [3.8, 4) is 5.88 Å². The maximum atomic E-state index is 12.7. The summed E-state index contributed by atoms with van der Waals surface area (Å²) in [5.41, 5.74) is -1.74. The van der Waals surface area contributed by atoms with Crippen molar-refractivity contribution < 1.29 is 33.0 Å². The van der Waals surface area contributed by atoms with Crippen LogP contribution >= 0.6 is 0 Å². The number of hydrogen-bond acceptors (Lipinski definition) is 6. The van der Waals surface area contributed by atoms with Crippen LogP contribution in [0, 0.1) is 10.8 Å². The number of carboxylic acid groups (broad SMARTS) is 1. The molecule has 1 aliphatic heterocycles. The van der Waals surface area contributed by atoms with Gasteiger partial charge in [-0.25, -0.2) is 9.78 Å². The zero-order valence-corrected chi connectivity index (χ0v) is 13.4. The van der Waals surface area contributed by atoms with Crippen LogP contribution in [0.4, 0.5) is 13.2 Å². The zero-order chi connectivity index (χ0) is 19.0. The van der Waals surface area contributed by atoms with Crippen molar-refractivity contribution in [1.82, 2.24) is 9.88 Å². The molecule has 11 heteroatoms. The van der Waals surface area contributed by atoms with Gasteiger partial charge in [0.1, 0.15) is 5.69 Å². The summed E-state index contributed by atoms with van der Waals surface area (Å²) in [5.74, 6) is -1.51. The number of hydrogen-bond donors (Lipinski definition) is 2. The van der Waals surface area contributed by atoms with Crippen LogP contribution in [0.1, 0.15) is 28.9 Å². The third kappa shape index (κ3) is 6.91. The predicted octanol–water partition coefficient (Wildman–Crippen LogP) is 2.66. The second-order valence-electron chi connectivity index (χ2n) is 5.52. The third-order valence-electron chi connectivity index (χ3n) is 3.64. The number of piperidine rings is 1. The van der Waals surface area contributed by atoms with E-state index < -0.39 is 23.4 Å². The van der Waals surface area contributed by atoms with E-state index in [0.717, 1.165) is 32.0 Å². The van der Waals surface area contributed by atoms with E-state index in [2.05, 4.69) is 9.88 Å². The summed E-state index contributed by atoms with van der Waals surface area (Å²) in [5, 5.41) is 16.8. The van der Waals surface area contributed by atoms with E-state index in [0.29, 0.717) is 6.07 Å². The Balaban J connectivity index is 0.000000970. The molecule has 0 radical (unpaired) electrons. The highest BCUT2D eigenvalue weighted by Crippen LogP contribution is 2.30. The standard InChI is InChI=1S/C14H17F3N2O3.HNO2/c1-19-4-2-9(3-5-19)8-22-12-7-10(13(20)21)6-11(18-12)14(15,16)17;2-1-3/h6-7,9H,2-5,8H2,1H3,(H,20,21);(H,2,3). The fourth-order valence-electron chi connectivity index (χ4n) is 2.28. The van der Waals surface area contributed by atoms with Crippen LogP contribution in [0.15, 0.2) is 17.5 Å². The molecular formula is C14H18F3N3O5. The molecule has 1 aromatic rings. The van der Waals surface area contributed by atoms with Crippen molar-refractivity contribution in [2.45, 2.75) is 19.0 Å². The number of carboxylic acids is 1. The first-order valence-electron chi connectivity index (χ1n) is 7.28. The number of ether oxygens (including phenoxy) is 1. The largest absolute Gasteiger partial charge is 0.478 e. The summed E-state index contributed by atoms with van der Waals surface area (Å²) in [7, 11) is 2.00. The van der Waals surface area contributed by atoms with Crippen LogP contribution in [-0.4, -0.2) is 52.9 Å². The molecule has 0 amide bonds. The van der Waals surface area contributed by atoms with Crippen LogP contribution in [0.3, 0.4) is 0 Å². The Hall–Kier alpha value is -2.43. The van der Waals surface area contributed by atoms with Gasteiger partial charge in [-0.2, -0.15) is 13.2 Å². The van der Waals surface area contributed by atoms with Crippen molar-refractivity contribution in [3.63, 3.8) is 0 Å². The van der Waals surface area contributed by atoms with Gasteiger partial charge < -0.3 is 20.0 Å². The van der Waals surface area contributed by atoms with Gasteiger partial charge >= 0.3 is 12.1 Å². The zero-order valence-electron chi connectivity index (χ0n) is 13.4. The average Bonchev–Trinajstić information content (AvgIpc) is 2.54. The number of pyridine rings is 1. The Morgan fingerprint density at radius 3 is 2.44 bits per heavy atom. The molecule has 25 heavy (non-hydrogen) atoms. The topological polar surface area (TPSA) is 112 Å². The Morgan fingerprint density at radius 1 is 1.40 bits per heavy atom. The van der Waals surface area contributed by atoms with E-state index in [1.165, 1.54) is 5.34 Å². The van der Waals surface area contributed by atoms with Gasteiger partial charge in [0.2, 0.25) is 5.88 Å². The minimum absolute atomic E-state index is 0.237. The van der Waals surface area contributed by atoms with Crippen molar-refractivity contribution in [2.75, 3.05) is 26.7 Å². The Morgan fingerprint density at radius 2 is 1.96 bits per heavy atom. The number of aromatic carboxylic acids is 1. The Kier molecular flexibility index (Phi) is 7.55. The molecule has 2 N–H and O–H groups in total. The lowest BCUT2D eigenvalue weighted by molar-refractivity contribution is -0.141. The summed E-state index contributed by atoms with van der Waals surface area (Å²) < 4.78 is 43.5. The number of likely N-dealkylation sites (tertiary alicyclic amines) is 1. The van der Waals surface area contributed by atoms with Gasteiger partial charge in [0.05, 0.1) is 12.2 Å². The van der Waals surface area contributed by atoms with Crippen molar-refractivity contribution in [3.05, 3.63) is 28.3 Å². The summed E-state index contributed by atoms with van der Waals surface area (Å²) >= 11 is 0. The lowest BCUT2D eigenvalue weighted by Crippen LogP contribution is -2.32. The summed E-state index contributed by atoms with van der Waals surface area (Å²) in [4.78, 5) is 24.6. The van der Waals surface area contributed by atoms with Crippen LogP contribution < -0.4 is 4.74 Å². The van der Waals surface area contributed by atoms with Gasteiger partial charge in [0.15, 0.2) is 5.34 Å². The first-order valence-corrected chi connectivity index (χ1v) is 7.28. The first-order chi connectivity index (χ1) is 11.7.